The monoisotopic (exact) mass is 462 g/mol. The van der Waals surface area contributed by atoms with Crippen molar-refractivity contribution in [3.05, 3.63) is 65.1 Å². The molecule has 3 aromatic carbocycles. The van der Waals surface area contributed by atoms with Crippen molar-refractivity contribution in [2.45, 2.75) is 11.6 Å². The molecule has 5 nitrogen and oxygen atoms in total. The lowest BCUT2D eigenvalue weighted by atomic mass is 10.0. The van der Waals surface area contributed by atoms with E-state index in [4.69, 9.17) is 4.98 Å². The second kappa shape index (κ2) is 7.57. The number of amides is 1. The first-order valence-corrected chi connectivity index (χ1v) is 10.9. The van der Waals surface area contributed by atoms with Crippen LogP contribution in [-0.4, -0.2) is 26.8 Å². The Morgan fingerprint density at radius 1 is 0.931 bits per heavy atom. The molecule has 0 saturated carbocycles. The summed E-state index contributed by atoms with van der Waals surface area (Å²) in [6, 6.07) is 20.0. The highest BCUT2D eigenvalue weighted by molar-refractivity contribution is 9.10. The lowest BCUT2D eigenvalue weighted by Crippen LogP contribution is -2.12. The van der Waals surface area contributed by atoms with Gasteiger partial charge in [0.1, 0.15) is 11.4 Å². The van der Waals surface area contributed by atoms with Crippen molar-refractivity contribution < 1.29 is 4.79 Å². The van der Waals surface area contributed by atoms with Gasteiger partial charge in [-0.05, 0) is 33.4 Å². The molecule has 29 heavy (non-hydrogen) atoms. The topological polar surface area (TPSA) is 67.8 Å². The van der Waals surface area contributed by atoms with Crippen molar-refractivity contribution in [1.29, 1.82) is 0 Å². The number of carbonyl (C=O) groups excluding carboxylic acids is 1. The number of hydrogen-bond donors (Lipinski definition) is 1. The van der Waals surface area contributed by atoms with Gasteiger partial charge in [-0.3, -0.25) is 4.79 Å². The van der Waals surface area contributed by atoms with Gasteiger partial charge < -0.3 is 5.32 Å². The maximum Gasteiger partial charge on any atom is 0.225 e. The molecule has 1 aliphatic rings. The molecule has 1 amide bonds. The van der Waals surface area contributed by atoms with Crippen molar-refractivity contribution in [2.24, 2.45) is 0 Å². The smallest absolute Gasteiger partial charge is 0.225 e. The van der Waals surface area contributed by atoms with E-state index in [1.54, 1.807) is 0 Å². The summed E-state index contributed by atoms with van der Waals surface area (Å²) in [5, 5.41) is 14.6. The second-order valence-corrected chi connectivity index (χ2v) is 8.54. The molecule has 1 heterocycles. The number of benzene rings is 3. The van der Waals surface area contributed by atoms with E-state index in [1.807, 2.05) is 36.4 Å². The number of hydrogen-bond acceptors (Lipinski definition) is 5. The van der Waals surface area contributed by atoms with Gasteiger partial charge in [-0.15, -0.1) is 10.2 Å². The third-order valence-corrected chi connectivity index (χ3v) is 6.32. The van der Waals surface area contributed by atoms with E-state index in [2.05, 4.69) is 55.7 Å². The molecule has 1 N–H and O–H groups in total. The van der Waals surface area contributed by atoms with Crippen molar-refractivity contribution >= 4 is 50.1 Å². The Balaban J connectivity index is 1.29. The van der Waals surface area contributed by atoms with Crippen molar-refractivity contribution in [3.63, 3.8) is 0 Å². The number of aromatic nitrogens is 3. The Morgan fingerprint density at radius 2 is 1.69 bits per heavy atom. The Morgan fingerprint density at radius 3 is 2.48 bits per heavy atom. The summed E-state index contributed by atoms with van der Waals surface area (Å²) >= 11 is 4.87. The first kappa shape index (κ1) is 18.3. The Bertz CT molecular complexity index is 1260. The Hall–Kier alpha value is -2.77. The van der Waals surface area contributed by atoms with Gasteiger partial charge in [-0.1, -0.05) is 60.3 Å². The minimum Gasteiger partial charge on any atom is -0.325 e. The average molecular weight is 463 g/mol. The molecular formula is C22H15BrN4OS. The van der Waals surface area contributed by atoms with Crippen LogP contribution < -0.4 is 5.32 Å². The van der Waals surface area contributed by atoms with Gasteiger partial charge in [0.15, 0.2) is 0 Å². The van der Waals surface area contributed by atoms with E-state index < -0.39 is 0 Å². The fourth-order valence-corrected chi connectivity index (χ4v) is 4.60. The lowest BCUT2D eigenvalue weighted by Gasteiger charge is -2.07. The van der Waals surface area contributed by atoms with Gasteiger partial charge in [0.2, 0.25) is 11.1 Å². The van der Waals surface area contributed by atoms with Crippen LogP contribution in [-0.2, 0) is 4.79 Å². The van der Waals surface area contributed by atoms with Gasteiger partial charge in [0.05, 0.1) is 5.69 Å². The first-order chi connectivity index (χ1) is 14.2. The van der Waals surface area contributed by atoms with Crippen LogP contribution in [0.1, 0.15) is 6.42 Å². The molecular weight excluding hydrogens is 448 g/mol. The molecule has 4 aromatic rings. The predicted molar refractivity (Wildman–Crippen MR) is 120 cm³/mol. The van der Waals surface area contributed by atoms with Gasteiger partial charge >= 0.3 is 0 Å². The molecule has 0 unspecified atom stereocenters. The number of thioether (sulfide) groups is 1. The Kier molecular flexibility index (Phi) is 4.77. The molecule has 0 radical (unpaired) electrons. The summed E-state index contributed by atoms with van der Waals surface area (Å²) in [5.74, 6) is 0.532. The number of rotatable bonds is 5. The van der Waals surface area contributed by atoms with E-state index >= 15 is 0 Å². The third-order valence-electron chi connectivity index (χ3n) is 4.79. The van der Waals surface area contributed by atoms with Crippen LogP contribution >= 0.6 is 27.7 Å². The molecule has 0 spiro atoms. The molecule has 0 saturated heterocycles. The van der Waals surface area contributed by atoms with Gasteiger partial charge in [-0.25, -0.2) is 4.98 Å². The molecule has 5 rings (SSSR count). The van der Waals surface area contributed by atoms with E-state index in [0.29, 0.717) is 17.3 Å². The summed E-state index contributed by atoms with van der Waals surface area (Å²) in [6.45, 7) is 0. The molecule has 7 heteroatoms. The molecule has 0 aliphatic heterocycles. The van der Waals surface area contributed by atoms with E-state index in [1.165, 1.54) is 22.5 Å². The number of para-hydroxylation sites is 1. The van der Waals surface area contributed by atoms with Crippen LogP contribution in [0.4, 0.5) is 5.69 Å². The Labute approximate surface area is 180 Å². The van der Waals surface area contributed by atoms with Crippen LogP contribution in [0, 0.1) is 0 Å². The number of fused-ring (bicyclic) bond motifs is 3. The van der Waals surface area contributed by atoms with Crippen LogP contribution in [0.5, 0.6) is 0 Å². The van der Waals surface area contributed by atoms with Crippen molar-refractivity contribution in [2.75, 3.05) is 11.1 Å². The zero-order valence-electron chi connectivity index (χ0n) is 15.2. The van der Waals surface area contributed by atoms with E-state index in [-0.39, 0.29) is 5.91 Å². The minimum absolute atomic E-state index is 0.0457. The molecule has 0 atom stereocenters. The largest absolute Gasteiger partial charge is 0.325 e. The standard InChI is InChI=1S/C22H15BrN4OS/c23-16-9-1-2-10-17(16)24-18(28)11-12-29-22-25-20-14-7-3-5-13-6-4-8-15(19(13)14)21(20)26-27-22/h1-10H,11-12H2,(H,24,28). The average Bonchev–Trinajstić information content (AvgIpc) is 3.05. The number of halogens is 1. The quantitative estimate of drug-likeness (QED) is 0.346. The third kappa shape index (κ3) is 3.41. The molecule has 0 bridgehead atoms. The fourth-order valence-electron chi connectivity index (χ4n) is 3.49. The number of anilines is 1. The van der Waals surface area contributed by atoms with Crippen molar-refractivity contribution in [1.82, 2.24) is 15.2 Å². The number of nitrogens with zero attached hydrogens (tertiary/aromatic N) is 3. The van der Waals surface area contributed by atoms with Gasteiger partial charge in [0.25, 0.3) is 0 Å². The highest BCUT2D eigenvalue weighted by Crippen LogP contribution is 2.44. The summed E-state index contributed by atoms with van der Waals surface area (Å²) in [5.41, 5.74) is 4.64. The van der Waals surface area contributed by atoms with Crippen molar-refractivity contribution in [3.8, 4) is 22.5 Å². The fraction of sp³-hybridized carbons (Fsp3) is 0.0909. The minimum atomic E-state index is -0.0457. The zero-order chi connectivity index (χ0) is 19.8. The van der Waals surface area contributed by atoms with E-state index in [9.17, 15) is 4.79 Å². The lowest BCUT2D eigenvalue weighted by molar-refractivity contribution is -0.115. The highest BCUT2D eigenvalue weighted by Gasteiger charge is 2.24. The number of nitrogens with one attached hydrogen (secondary N) is 1. The maximum atomic E-state index is 12.2. The summed E-state index contributed by atoms with van der Waals surface area (Å²) in [4.78, 5) is 17.0. The zero-order valence-corrected chi connectivity index (χ0v) is 17.6. The summed E-state index contributed by atoms with van der Waals surface area (Å²) < 4.78 is 0.862. The SMILES string of the molecule is O=C(CCSc1nnc2c(n1)-c1cccc3cccc-2c13)Nc1ccccc1Br. The predicted octanol–water partition coefficient (Wildman–Crippen LogP) is 5.56. The molecule has 1 aliphatic carbocycles. The highest BCUT2D eigenvalue weighted by atomic mass is 79.9. The molecule has 1 aromatic heterocycles. The van der Waals surface area contributed by atoms with Crippen LogP contribution in [0.3, 0.4) is 0 Å². The van der Waals surface area contributed by atoms with Crippen LogP contribution in [0.2, 0.25) is 0 Å². The van der Waals surface area contributed by atoms with Gasteiger partial charge in [0, 0.05) is 33.2 Å². The van der Waals surface area contributed by atoms with Crippen LogP contribution in [0.15, 0.2) is 70.3 Å². The first-order valence-electron chi connectivity index (χ1n) is 9.15. The number of carbonyl (C=O) groups is 1. The van der Waals surface area contributed by atoms with Gasteiger partial charge in [-0.2, -0.15) is 0 Å². The summed E-state index contributed by atoms with van der Waals surface area (Å²) in [6.07, 6.45) is 0.363. The molecule has 142 valence electrons. The normalized spacial score (nSPS) is 11.5. The second-order valence-electron chi connectivity index (χ2n) is 6.63. The maximum absolute atomic E-state index is 12.2. The summed E-state index contributed by atoms with van der Waals surface area (Å²) in [7, 11) is 0. The molecule has 0 fully saturated rings. The van der Waals surface area contributed by atoms with Crippen LogP contribution in [0.25, 0.3) is 33.3 Å². The van der Waals surface area contributed by atoms with E-state index in [0.717, 1.165) is 32.7 Å².